The van der Waals surface area contributed by atoms with Crippen molar-refractivity contribution >= 4 is 38.5 Å². The van der Waals surface area contributed by atoms with Crippen molar-refractivity contribution in [3.63, 3.8) is 0 Å². The van der Waals surface area contributed by atoms with Gasteiger partial charge in [-0.25, -0.2) is 18.1 Å². The minimum atomic E-state index is -3.07. The Morgan fingerprint density at radius 1 is 1.34 bits per heavy atom. The molecule has 4 rings (SSSR count). The zero-order valence-corrected chi connectivity index (χ0v) is 17.2. The Labute approximate surface area is 171 Å². The number of amides is 1. The molecule has 29 heavy (non-hydrogen) atoms. The van der Waals surface area contributed by atoms with E-state index in [9.17, 15) is 18.0 Å². The average Bonchev–Trinajstić information content (AvgIpc) is 3.29. The molecule has 0 saturated carbocycles. The molecule has 0 aliphatic carbocycles. The molecule has 0 radical (unpaired) electrons. The minimum Gasteiger partial charge on any atom is -0.341 e. The first-order chi connectivity index (χ1) is 13.8. The van der Waals surface area contributed by atoms with Crippen LogP contribution in [0.4, 0.5) is 0 Å². The van der Waals surface area contributed by atoms with Crippen LogP contribution in [0.15, 0.2) is 46.5 Å². The number of H-pyrrole nitrogens is 1. The molecular formula is C18H19N5O4S2. The summed E-state index contributed by atoms with van der Waals surface area (Å²) in [4.78, 5) is 33.5. The van der Waals surface area contributed by atoms with Gasteiger partial charge in [-0.3, -0.25) is 9.59 Å². The van der Waals surface area contributed by atoms with E-state index in [1.807, 2.05) is 30.3 Å². The van der Waals surface area contributed by atoms with Gasteiger partial charge in [0, 0.05) is 13.1 Å². The van der Waals surface area contributed by atoms with Crippen molar-refractivity contribution in [2.24, 2.45) is 0 Å². The maximum atomic E-state index is 12.5. The number of fused-ring (bicyclic) bond motifs is 1. The van der Waals surface area contributed by atoms with E-state index >= 15 is 0 Å². The molecular weight excluding hydrogens is 414 g/mol. The van der Waals surface area contributed by atoms with Crippen LogP contribution in [0.5, 0.6) is 0 Å². The van der Waals surface area contributed by atoms with E-state index in [0.29, 0.717) is 22.6 Å². The zero-order valence-electron chi connectivity index (χ0n) is 15.6. The molecule has 1 amide bonds. The van der Waals surface area contributed by atoms with Crippen molar-refractivity contribution in [1.29, 1.82) is 0 Å². The molecule has 0 unspecified atom stereocenters. The molecule has 1 aliphatic rings. The number of rotatable bonds is 5. The highest BCUT2D eigenvalue weighted by atomic mass is 32.2. The van der Waals surface area contributed by atoms with Crippen LogP contribution in [-0.4, -0.2) is 69.3 Å². The van der Waals surface area contributed by atoms with E-state index in [4.69, 9.17) is 0 Å². The third kappa shape index (κ3) is 4.06. The number of para-hydroxylation sites is 1. The number of sulfone groups is 1. The summed E-state index contributed by atoms with van der Waals surface area (Å²) in [6.45, 7) is 0. The fraction of sp³-hybridized carbons (Fsp3) is 0.333. The van der Waals surface area contributed by atoms with Crippen LogP contribution in [0, 0.1) is 0 Å². The summed E-state index contributed by atoms with van der Waals surface area (Å²) in [5.41, 5.74) is 0.849. The molecule has 1 aliphatic heterocycles. The number of aromatic nitrogens is 4. The highest BCUT2D eigenvalue weighted by Gasteiger charge is 2.32. The van der Waals surface area contributed by atoms with Crippen molar-refractivity contribution in [1.82, 2.24) is 24.6 Å². The quantitative estimate of drug-likeness (QED) is 0.468. The van der Waals surface area contributed by atoms with Crippen LogP contribution < -0.4 is 5.56 Å². The van der Waals surface area contributed by atoms with E-state index in [1.54, 1.807) is 11.7 Å². The van der Waals surface area contributed by atoms with E-state index in [-0.39, 0.29) is 34.8 Å². The minimum absolute atomic E-state index is 0.00277. The second kappa shape index (κ2) is 7.64. The summed E-state index contributed by atoms with van der Waals surface area (Å²) in [7, 11) is -1.46. The molecule has 2 aromatic heterocycles. The summed E-state index contributed by atoms with van der Waals surface area (Å²) in [5, 5.41) is 4.92. The van der Waals surface area contributed by atoms with Crippen molar-refractivity contribution in [2.75, 3.05) is 24.3 Å². The lowest BCUT2D eigenvalue weighted by Crippen LogP contribution is -2.38. The van der Waals surface area contributed by atoms with Gasteiger partial charge in [0.05, 0.1) is 29.1 Å². The lowest BCUT2D eigenvalue weighted by molar-refractivity contribution is -0.128. The maximum Gasteiger partial charge on any atom is 0.262 e. The van der Waals surface area contributed by atoms with Gasteiger partial charge in [-0.1, -0.05) is 30.0 Å². The molecule has 0 bridgehead atoms. The van der Waals surface area contributed by atoms with Crippen LogP contribution in [0.3, 0.4) is 0 Å². The predicted molar refractivity (Wildman–Crippen MR) is 110 cm³/mol. The molecule has 1 atom stereocenters. The van der Waals surface area contributed by atoms with Gasteiger partial charge in [0.15, 0.2) is 20.6 Å². The Morgan fingerprint density at radius 2 is 2.10 bits per heavy atom. The second-order valence-corrected chi connectivity index (χ2v) is 10.0. The first-order valence-corrected chi connectivity index (χ1v) is 11.8. The van der Waals surface area contributed by atoms with Gasteiger partial charge >= 0.3 is 0 Å². The number of nitrogens with zero attached hydrogens (tertiary/aromatic N) is 4. The normalized spacial score (nSPS) is 18.2. The number of hydrogen-bond acceptors (Lipinski definition) is 7. The Morgan fingerprint density at radius 3 is 2.79 bits per heavy atom. The average molecular weight is 434 g/mol. The molecule has 9 nitrogen and oxygen atoms in total. The molecule has 1 N–H and O–H groups in total. The smallest absolute Gasteiger partial charge is 0.262 e. The number of thioether (sulfide) groups is 1. The van der Waals surface area contributed by atoms with Crippen LogP contribution >= 0.6 is 11.8 Å². The largest absolute Gasteiger partial charge is 0.341 e. The van der Waals surface area contributed by atoms with Gasteiger partial charge in [-0.15, -0.1) is 0 Å². The van der Waals surface area contributed by atoms with Crippen molar-refractivity contribution in [2.45, 2.75) is 17.6 Å². The monoisotopic (exact) mass is 433 g/mol. The number of benzene rings is 1. The molecule has 3 heterocycles. The van der Waals surface area contributed by atoms with E-state index in [0.717, 1.165) is 17.4 Å². The third-order valence-corrected chi connectivity index (χ3v) is 7.51. The first kappa shape index (κ1) is 19.6. The fourth-order valence-electron chi connectivity index (χ4n) is 3.24. The van der Waals surface area contributed by atoms with Gasteiger partial charge in [0.1, 0.15) is 5.39 Å². The summed E-state index contributed by atoms with van der Waals surface area (Å²) in [5.74, 6) is -0.0632. The Balaban J connectivity index is 1.53. The Kier molecular flexibility index (Phi) is 5.17. The molecule has 11 heteroatoms. The topological polar surface area (TPSA) is 118 Å². The summed E-state index contributed by atoms with van der Waals surface area (Å²) < 4.78 is 24.8. The Hall–Kier alpha value is -2.66. The molecule has 0 spiro atoms. The molecule has 1 aromatic carbocycles. The Bertz CT molecular complexity index is 1220. The van der Waals surface area contributed by atoms with E-state index in [2.05, 4.69) is 15.1 Å². The van der Waals surface area contributed by atoms with Crippen molar-refractivity contribution in [3.8, 4) is 5.69 Å². The molecule has 3 aromatic rings. The third-order valence-electron chi connectivity index (χ3n) is 4.90. The summed E-state index contributed by atoms with van der Waals surface area (Å²) >= 11 is 1.10. The maximum absolute atomic E-state index is 12.5. The van der Waals surface area contributed by atoms with Crippen LogP contribution in [0.2, 0.25) is 0 Å². The lowest BCUT2D eigenvalue weighted by atomic mass is 10.2. The summed E-state index contributed by atoms with van der Waals surface area (Å²) in [6.07, 6.45) is 1.91. The highest BCUT2D eigenvalue weighted by molar-refractivity contribution is 7.99. The van der Waals surface area contributed by atoms with Gasteiger partial charge < -0.3 is 9.88 Å². The molecule has 152 valence electrons. The van der Waals surface area contributed by atoms with Crippen LogP contribution in [0.25, 0.3) is 16.7 Å². The lowest BCUT2D eigenvalue weighted by Gasteiger charge is -2.23. The molecule has 1 saturated heterocycles. The van der Waals surface area contributed by atoms with E-state index in [1.165, 1.54) is 11.1 Å². The van der Waals surface area contributed by atoms with Crippen LogP contribution in [-0.2, 0) is 14.6 Å². The number of carbonyl (C=O) groups is 1. The predicted octanol–water partition coefficient (Wildman–Crippen LogP) is 0.846. The number of carbonyl (C=O) groups excluding carboxylic acids is 1. The number of aromatic amines is 1. The second-order valence-electron chi connectivity index (χ2n) is 6.85. The number of hydrogen-bond donors (Lipinski definition) is 1. The van der Waals surface area contributed by atoms with Crippen LogP contribution in [0.1, 0.15) is 6.42 Å². The fourth-order valence-corrected chi connectivity index (χ4v) is 5.80. The van der Waals surface area contributed by atoms with Gasteiger partial charge in [-0.05, 0) is 18.6 Å². The summed E-state index contributed by atoms with van der Waals surface area (Å²) in [6, 6.07) is 9.02. The van der Waals surface area contributed by atoms with Crippen molar-refractivity contribution in [3.05, 3.63) is 46.9 Å². The standard InChI is InChI=1S/C18H19N5O4S2/c1-22(13-7-8-29(26,27)11-13)15(24)10-28-18-20-16-14(17(25)21-18)9-19-23(16)12-5-3-2-4-6-12/h2-6,9,13H,7-8,10-11H2,1H3,(H,20,21,25)/t13-/m1/s1. The van der Waals surface area contributed by atoms with Crippen molar-refractivity contribution < 1.29 is 13.2 Å². The van der Waals surface area contributed by atoms with Gasteiger partial charge in [0.2, 0.25) is 5.91 Å². The molecule has 1 fully saturated rings. The van der Waals surface area contributed by atoms with E-state index < -0.39 is 9.84 Å². The highest BCUT2D eigenvalue weighted by Crippen LogP contribution is 2.20. The van der Waals surface area contributed by atoms with Gasteiger partial charge in [0.25, 0.3) is 5.56 Å². The first-order valence-electron chi connectivity index (χ1n) is 8.96. The van der Waals surface area contributed by atoms with Gasteiger partial charge in [-0.2, -0.15) is 5.10 Å². The SMILES string of the molecule is CN(C(=O)CSc1nc2c(cnn2-c2ccccc2)c(=O)[nH]1)[C@@H]1CCS(=O)(=O)C1. The zero-order chi connectivity index (χ0) is 20.6. The number of nitrogens with one attached hydrogen (secondary N) is 1.